The predicted molar refractivity (Wildman–Crippen MR) is 106 cm³/mol. The van der Waals surface area contributed by atoms with E-state index in [1.165, 1.54) is 19.3 Å². The van der Waals surface area contributed by atoms with Crippen molar-refractivity contribution < 1.29 is 9.59 Å². The Balaban J connectivity index is 1.37. The topological polar surface area (TPSA) is 68.1 Å². The minimum atomic E-state index is 0.0327. The number of piperidine rings is 1. The van der Waals surface area contributed by atoms with Crippen molar-refractivity contribution in [3.05, 3.63) is 47.5 Å². The maximum absolute atomic E-state index is 12.7. The van der Waals surface area contributed by atoms with Crippen LogP contribution in [0, 0.1) is 0 Å². The predicted octanol–water partition coefficient (Wildman–Crippen LogP) is 3.37. The van der Waals surface area contributed by atoms with Gasteiger partial charge in [-0.25, -0.2) is 0 Å². The third-order valence-electron chi connectivity index (χ3n) is 5.94. The van der Waals surface area contributed by atoms with Crippen LogP contribution >= 0.6 is 0 Å². The lowest BCUT2D eigenvalue weighted by molar-refractivity contribution is -0.132. The van der Waals surface area contributed by atoms with Crippen LogP contribution in [0.15, 0.2) is 30.3 Å². The minimum Gasteiger partial charge on any atom is -0.342 e. The molecule has 1 aromatic carbocycles. The average Bonchev–Trinajstić information content (AvgIpc) is 3.00. The van der Waals surface area contributed by atoms with Crippen LogP contribution in [0.25, 0.3) is 0 Å². The molecule has 4 rings (SSSR count). The zero-order chi connectivity index (χ0) is 19.3. The lowest BCUT2D eigenvalue weighted by Crippen LogP contribution is -2.40. The highest BCUT2D eigenvalue weighted by atomic mass is 16.2. The second kappa shape index (κ2) is 8.67. The average molecular weight is 380 g/mol. The maximum atomic E-state index is 12.7. The summed E-state index contributed by atoms with van der Waals surface area (Å²) >= 11 is 0. The van der Waals surface area contributed by atoms with Crippen LogP contribution in [0.2, 0.25) is 0 Å². The summed E-state index contributed by atoms with van der Waals surface area (Å²) in [5, 5.41) is 8.91. The summed E-state index contributed by atoms with van der Waals surface area (Å²) in [5.41, 5.74) is 0.679. The Hall–Kier alpha value is -2.50. The minimum absolute atomic E-state index is 0.0327. The number of amides is 1. The normalized spacial score (nSPS) is 19.7. The van der Waals surface area contributed by atoms with Gasteiger partial charge in [-0.1, -0.05) is 36.8 Å². The number of carbonyl (C=O) groups is 2. The van der Waals surface area contributed by atoms with Gasteiger partial charge in [-0.2, -0.15) is 0 Å². The van der Waals surface area contributed by atoms with Gasteiger partial charge in [0.25, 0.3) is 0 Å². The molecule has 6 heteroatoms. The van der Waals surface area contributed by atoms with E-state index in [4.69, 9.17) is 0 Å². The van der Waals surface area contributed by atoms with Crippen LogP contribution in [0.3, 0.4) is 0 Å². The van der Waals surface area contributed by atoms with Gasteiger partial charge in [0.2, 0.25) is 5.91 Å². The molecule has 0 bridgehead atoms. The van der Waals surface area contributed by atoms with E-state index in [-0.39, 0.29) is 30.4 Å². The smallest absolute Gasteiger partial charge is 0.223 e. The van der Waals surface area contributed by atoms with E-state index in [0.717, 1.165) is 44.0 Å². The fourth-order valence-electron chi connectivity index (χ4n) is 4.37. The van der Waals surface area contributed by atoms with Crippen molar-refractivity contribution in [3.63, 3.8) is 0 Å². The highest BCUT2D eigenvalue weighted by Crippen LogP contribution is 2.28. The number of rotatable bonds is 5. The quantitative estimate of drug-likeness (QED) is 0.746. The summed E-state index contributed by atoms with van der Waals surface area (Å²) in [5.74, 6) is 2.51. The Morgan fingerprint density at radius 3 is 2.68 bits per heavy atom. The number of ketones is 1. The summed E-state index contributed by atoms with van der Waals surface area (Å²) in [4.78, 5) is 26.9. The third-order valence-corrected chi connectivity index (χ3v) is 5.94. The molecular formula is C22H28N4O2. The molecule has 0 aliphatic carbocycles. The van der Waals surface area contributed by atoms with Crippen molar-refractivity contribution >= 4 is 11.7 Å². The van der Waals surface area contributed by atoms with Crippen molar-refractivity contribution in [2.45, 2.75) is 63.8 Å². The zero-order valence-electron chi connectivity index (χ0n) is 16.3. The molecule has 3 heterocycles. The van der Waals surface area contributed by atoms with Crippen LogP contribution in [0.1, 0.15) is 72.9 Å². The van der Waals surface area contributed by atoms with E-state index in [1.54, 1.807) is 12.1 Å². The first kappa shape index (κ1) is 18.8. The Kier molecular flexibility index (Phi) is 5.84. The summed E-state index contributed by atoms with van der Waals surface area (Å²) in [6.45, 7) is 2.46. The van der Waals surface area contributed by atoms with Gasteiger partial charge in [-0.3, -0.25) is 9.59 Å². The van der Waals surface area contributed by atoms with E-state index in [0.29, 0.717) is 12.1 Å². The van der Waals surface area contributed by atoms with Crippen molar-refractivity contribution in [1.29, 1.82) is 0 Å². The van der Waals surface area contributed by atoms with Crippen LogP contribution in [-0.4, -0.2) is 44.4 Å². The van der Waals surface area contributed by atoms with Crippen LogP contribution in [0.5, 0.6) is 0 Å². The first-order valence-electron chi connectivity index (χ1n) is 10.5. The maximum Gasteiger partial charge on any atom is 0.223 e. The number of hydrogen-bond donors (Lipinski definition) is 0. The molecule has 148 valence electrons. The second-order valence-electron chi connectivity index (χ2n) is 7.90. The monoisotopic (exact) mass is 380 g/mol. The van der Waals surface area contributed by atoms with Gasteiger partial charge in [0.1, 0.15) is 11.6 Å². The second-order valence-corrected chi connectivity index (χ2v) is 7.90. The number of carbonyl (C=O) groups excluding carboxylic acids is 2. The van der Waals surface area contributed by atoms with Gasteiger partial charge < -0.3 is 9.47 Å². The van der Waals surface area contributed by atoms with Crippen molar-refractivity contribution in [2.24, 2.45) is 0 Å². The number of Topliss-reactive ketones (excluding diaryl/α,β-unsaturated/α-hetero) is 1. The first-order chi connectivity index (χ1) is 13.7. The first-order valence-corrected chi connectivity index (χ1v) is 10.5. The molecule has 1 aromatic heterocycles. The van der Waals surface area contributed by atoms with Crippen molar-refractivity contribution in [3.8, 4) is 0 Å². The molecule has 1 fully saturated rings. The van der Waals surface area contributed by atoms with Crippen LogP contribution < -0.4 is 0 Å². The van der Waals surface area contributed by atoms with Crippen molar-refractivity contribution in [1.82, 2.24) is 19.7 Å². The molecule has 2 aliphatic rings. The molecular weight excluding hydrogens is 352 g/mol. The van der Waals surface area contributed by atoms with E-state index in [9.17, 15) is 9.59 Å². The largest absolute Gasteiger partial charge is 0.342 e. The lowest BCUT2D eigenvalue weighted by atomic mass is 9.96. The Bertz CT molecular complexity index is 830. The molecule has 1 atom stereocenters. The van der Waals surface area contributed by atoms with Gasteiger partial charge in [-0.05, 0) is 25.7 Å². The number of likely N-dealkylation sites (tertiary alicyclic amines) is 1. The SMILES string of the molecule is O=C(CCC(=O)N1CCCC(c2nnc3n2CCCCC3)C1)c1ccccc1. The molecule has 0 radical (unpaired) electrons. The van der Waals surface area contributed by atoms with Crippen LogP contribution in [0.4, 0.5) is 0 Å². The number of fused-ring (bicyclic) bond motifs is 1. The number of benzene rings is 1. The van der Waals surface area contributed by atoms with Crippen molar-refractivity contribution in [2.75, 3.05) is 13.1 Å². The zero-order valence-corrected chi connectivity index (χ0v) is 16.3. The molecule has 0 spiro atoms. The summed E-state index contributed by atoms with van der Waals surface area (Å²) < 4.78 is 2.30. The highest BCUT2D eigenvalue weighted by molar-refractivity contribution is 5.97. The summed E-state index contributed by atoms with van der Waals surface area (Å²) in [6, 6.07) is 9.21. The van der Waals surface area contributed by atoms with Gasteiger partial charge in [-0.15, -0.1) is 10.2 Å². The molecule has 0 saturated carbocycles. The number of aryl methyl sites for hydroxylation is 1. The fraction of sp³-hybridized carbons (Fsp3) is 0.545. The van der Waals surface area contributed by atoms with E-state index in [2.05, 4.69) is 14.8 Å². The fourth-order valence-corrected chi connectivity index (χ4v) is 4.37. The Morgan fingerprint density at radius 2 is 1.82 bits per heavy atom. The molecule has 0 N–H and O–H groups in total. The van der Waals surface area contributed by atoms with Gasteiger partial charge in [0, 0.05) is 50.4 Å². The molecule has 2 aliphatic heterocycles. The number of aromatic nitrogens is 3. The molecule has 2 aromatic rings. The highest BCUT2D eigenvalue weighted by Gasteiger charge is 2.29. The number of nitrogens with zero attached hydrogens (tertiary/aromatic N) is 4. The van der Waals surface area contributed by atoms with Gasteiger partial charge in [0.05, 0.1) is 0 Å². The Morgan fingerprint density at radius 1 is 0.964 bits per heavy atom. The molecule has 6 nitrogen and oxygen atoms in total. The molecule has 1 saturated heterocycles. The standard InChI is InChI=1S/C22H28N4O2/c27-19(17-8-3-1-4-9-17)12-13-21(28)25-14-7-10-18(16-25)22-24-23-20-11-5-2-6-15-26(20)22/h1,3-4,8-9,18H,2,5-7,10-16H2. The summed E-state index contributed by atoms with van der Waals surface area (Å²) in [7, 11) is 0. The number of hydrogen-bond acceptors (Lipinski definition) is 4. The molecule has 1 unspecified atom stereocenters. The van der Waals surface area contributed by atoms with E-state index < -0.39 is 0 Å². The van der Waals surface area contributed by atoms with E-state index >= 15 is 0 Å². The van der Waals surface area contributed by atoms with Gasteiger partial charge >= 0.3 is 0 Å². The Labute approximate surface area is 165 Å². The van der Waals surface area contributed by atoms with Crippen LogP contribution in [-0.2, 0) is 17.8 Å². The molecule has 1 amide bonds. The summed E-state index contributed by atoms with van der Waals surface area (Å²) in [6.07, 6.45) is 7.17. The van der Waals surface area contributed by atoms with Gasteiger partial charge in [0.15, 0.2) is 5.78 Å². The lowest BCUT2D eigenvalue weighted by Gasteiger charge is -2.32. The van der Waals surface area contributed by atoms with E-state index in [1.807, 2.05) is 23.1 Å². The molecule has 28 heavy (non-hydrogen) atoms. The third kappa shape index (κ3) is 4.16.